The summed E-state index contributed by atoms with van der Waals surface area (Å²) in [7, 11) is 0. The summed E-state index contributed by atoms with van der Waals surface area (Å²) in [6.07, 6.45) is 0.0973. The van der Waals surface area contributed by atoms with Crippen LogP contribution >= 0.6 is 0 Å². The molecule has 60 heavy (non-hydrogen) atoms. The van der Waals surface area contributed by atoms with Crippen LogP contribution in [-0.2, 0) is 38.4 Å². The third kappa shape index (κ3) is 17.2. The fourth-order valence-corrected chi connectivity index (χ4v) is 6.50. The van der Waals surface area contributed by atoms with Crippen LogP contribution in [0.3, 0.4) is 0 Å². The Hall–Kier alpha value is -4.56. The summed E-state index contributed by atoms with van der Waals surface area (Å²) in [5.74, 6) is -15.1. The second-order valence-electron chi connectivity index (χ2n) is 14.5. The fraction of sp³-hybridized carbons (Fsp3) is 0.778. The number of hydrogen-bond acceptors (Lipinski definition) is 16. The summed E-state index contributed by atoms with van der Waals surface area (Å²) < 4.78 is 0. The molecule has 0 aromatic heterocycles. The molecule has 0 heterocycles. The minimum absolute atomic E-state index is 0.262. The predicted molar refractivity (Wildman–Crippen MR) is 197 cm³/mol. The smallest absolute Gasteiger partial charge is 0.339 e. The number of carboxylic acids is 8. The van der Waals surface area contributed by atoms with Gasteiger partial charge in [-0.3, -0.25) is 0 Å². The molecule has 0 radical (unpaired) electrons. The van der Waals surface area contributed by atoms with Crippen LogP contribution in [0.5, 0.6) is 0 Å². The maximum atomic E-state index is 11.0. The highest BCUT2D eigenvalue weighted by Crippen LogP contribution is 2.36. The Morgan fingerprint density at radius 1 is 0.433 bits per heavy atom. The molecule has 0 aliphatic heterocycles. The maximum absolute atomic E-state index is 11.0. The standard InChI is InChI=1S/C12H22O6.2C10H16O6.C4H6O6/c1-2-3-4-5-6-7-8-12(18,11(16)17)9(13)10(14)15;2*11-7(8(12)13)10(16,9(14)15)6-4-2-1-3-5-6;5-1(3(7)8)2(6)4(9)10/h9,13,18H,2-8H2,1H3,(H,14,15)(H,16,17);2*6-7,11,16H,1-5H2,(H,12,13)(H,14,15);1-2,5-6H,(H,7,8)(H,9,10). The van der Waals surface area contributed by atoms with Crippen LogP contribution in [0, 0.1) is 11.8 Å². The molecule has 2 saturated carbocycles. The average Bonchev–Trinajstić information content (AvgIpc) is 3.20. The lowest BCUT2D eigenvalue weighted by Gasteiger charge is -2.36. The van der Waals surface area contributed by atoms with Crippen LogP contribution in [0.2, 0.25) is 0 Å². The van der Waals surface area contributed by atoms with E-state index in [4.69, 9.17) is 51.1 Å². The molecule has 16 N–H and O–H groups in total. The Balaban J connectivity index is 0. The lowest BCUT2D eigenvalue weighted by atomic mass is 9.74. The number of aliphatic carboxylic acids is 8. The van der Waals surface area contributed by atoms with Gasteiger partial charge in [-0.2, -0.15) is 0 Å². The van der Waals surface area contributed by atoms with Crippen molar-refractivity contribution in [1.82, 2.24) is 0 Å². The first kappa shape index (κ1) is 57.5. The van der Waals surface area contributed by atoms with Crippen molar-refractivity contribution in [3.05, 3.63) is 0 Å². The van der Waals surface area contributed by atoms with E-state index in [1.165, 1.54) is 0 Å². The van der Waals surface area contributed by atoms with E-state index in [1.54, 1.807) is 0 Å². The topological polar surface area (TPSA) is 460 Å². The SMILES string of the molecule is CCCCCCCCC(O)(C(=O)O)C(O)C(=O)O.O=C(O)C(O)C(O)(C(=O)O)C1CCCCC1.O=C(O)C(O)C(O)(C(=O)O)C1CCCCC1.O=C(O)C(O)C(O)C(=O)O. The van der Waals surface area contributed by atoms with Gasteiger partial charge >= 0.3 is 47.8 Å². The van der Waals surface area contributed by atoms with Crippen molar-refractivity contribution in [2.75, 3.05) is 0 Å². The van der Waals surface area contributed by atoms with Gasteiger partial charge in [-0.05, 0) is 38.5 Å². The van der Waals surface area contributed by atoms with Gasteiger partial charge in [0, 0.05) is 11.8 Å². The molecule has 2 aliphatic rings. The minimum atomic E-state index is -2.60. The number of carbonyl (C=O) groups is 8. The van der Waals surface area contributed by atoms with Crippen molar-refractivity contribution in [2.45, 2.75) is 163 Å². The van der Waals surface area contributed by atoms with Crippen LogP contribution in [0.25, 0.3) is 0 Å². The molecule has 8 atom stereocenters. The van der Waals surface area contributed by atoms with Crippen LogP contribution in [0.4, 0.5) is 0 Å². The zero-order valence-corrected chi connectivity index (χ0v) is 33.0. The van der Waals surface area contributed by atoms with Gasteiger partial charge in [-0.25, -0.2) is 38.4 Å². The Morgan fingerprint density at radius 2 is 0.733 bits per heavy atom. The largest absolute Gasteiger partial charge is 0.479 e. The van der Waals surface area contributed by atoms with Crippen LogP contribution < -0.4 is 0 Å². The molecular weight excluding hydrogens is 816 g/mol. The summed E-state index contributed by atoms with van der Waals surface area (Å²) in [5.41, 5.74) is -7.75. The number of aliphatic hydroxyl groups is 8. The first-order valence-corrected chi connectivity index (χ1v) is 19.0. The second-order valence-corrected chi connectivity index (χ2v) is 14.5. The fourth-order valence-electron chi connectivity index (χ4n) is 6.50. The molecule has 2 rings (SSSR count). The van der Waals surface area contributed by atoms with E-state index >= 15 is 0 Å². The summed E-state index contributed by atoms with van der Waals surface area (Å²) in [5, 5.41) is 142. The van der Waals surface area contributed by atoms with Gasteiger partial charge in [0.15, 0.2) is 36.1 Å². The average molecular weight is 877 g/mol. The van der Waals surface area contributed by atoms with Gasteiger partial charge in [-0.15, -0.1) is 0 Å². The Morgan fingerprint density at radius 3 is 0.983 bits per heavy atom. The monoisotopic (exact) mass is 876 g/mol. The van der Waals surface area contributed by atoms with Gasteiger partial charge in [0.1, 0.15) is 0 Å². The number of hydrogen-bond donors (Lipinski definition) is 16. The van der Waals surface area contributed by atoms with Gasteiger partial charge < -0.3 is 81.7 Å². The van der Waals surface area contributed by atoms with Crippen LogP contribution in [0.15, 0.2) is 0 Å². The first-order valence-electron chi connectivity index (χ1n) is 19.0. The van der Waals surface area contributed by atoms with E-state index < -0.39 is 107 Å². The second kappa shape index (κ2) is 27.3. The van der Waals surface area contributed by atoms with Gasteiger partial charge in [0.2, 0.25) is 11.2 Å². The van der Waals surface area contributed by atoms with E-state index in [2.05, 4.69) is 6.92 Å². The van der Waals surface area contributed by atoms with Gasteiger partial charge in [0.25, 0.3) is 0 Å². The quantitative estimate of drug-likeness (QED) is 0.0585. The zero-order valence-electron chi connectivity index (χ0n) is 33.0. The zero-order chi connectivity index (χ0) is 47.2. The van der Waals surface area contributed by atoms with Crippen molar-refractivity contribution >= 4 is 47.8 Å². The molecule has 0 aromatic carbocycles. The van der Waals surface area contributed by atoms with Crippen molar-refractivity contribution in [2.24, 2.45) is 11.8 Å². The van der Waals surface area contributed by atoms with E-state index in [9.17, 15) is 69.0 Å². The molecule has 8 unspecified atom stereocenters. The summed E-state index contributed by atoms with van der Waals surface area (Å²) in [4.78, 5) is 84.2. The van der Waals surface area contributed by atoms with Crippen LogP contribution in [0.1, 0.15) is 116 Å². The molecule has 348 valence electrons. The van der Waals surface area contributed by atoms with Crippen molar-refractivity contribution in [3.8, 4) is 0 Å². The molecule has 2 aliphatic carbocycles. The van der Waals surface area contributed by atoms with E-state index in [0.717, 1.165) is 64.2 Å². The lowest BCUT2D eigenvalue weighted by Crippen LogP contribution is -2.58. The maximum Gasteiger partial charge on any atom is 0.339 e. The Bertz CT molecular complexity index is 1330. The van der Waals surface area contributed by atoms with Crippen molar-refractivity contribution in [1.29, 1.82) is 0 Å². The normalized spacial score (nSPS) is 19.9. The minimum Gasteiger partial charge on any atom is -0.479 e. The number of rotatable bonds is 21. The van der Waals surface area contributed by atoms with Gasteiger partial charge in [-0.1, -0.05) is 77.6 Å². The predicted octanol–water partition coefficient (Wildman–Crippen LogP) is -1.47. The van der Waals surface area contributed by atoms with E-state index in [0.29, 0.717) is 38.5 Å². The third-order valence-electron chi connectivity index (χ3n) is 10.2. The van der Waals surface area contributed by atoms with Crippen LogP contribution in [-0.4, -0.2) is 177 Å². The first-order chi connectivity index (χ1) is 27.6. The Labute approximate surface area is 343 Å². The molecule has 0 spiro atoms. The molecule has 0 amide bonds. The number of unbranched alkanes of at least 4 members (excludes halogenated alkanes) is 5. The van der Waals surface area contributed by atoms with E-state index in [-0.39, 0.29) is 6.42 Å². The molecule has 0 bridgehead atoms. The molecule has 0 saturated heterocycles. The molecular formula is C36H60O24. The van der Waals surface area contributed by atoms with Gasteiger partial charge in [0.05, 0.1) is 0 Å². The highest BCUT2D eigenvalue weighted by atomic mass is 16.5. The lowest BCUT2D eigenvalue weighted by molar-refractivity contribution is -0.194. The van der Waals surface area contributed by atoms with Crippen molar-refractivity contribution in [3.63, 3.8) is 0 Å². The molecule has 24 nitrogen and oxygen atoms in total. The number of aliphatic hydroxyl groups excluding tert-OH is 5. The van der Waals surface area contributed by atoms with Crippen molar-refractivity contribution < 1.29 is 120 Å². The van der Waals surface area contributed by atoms with E-state index in [1.807, 2.05) is 0 Å². The number of carboxylic acid groups (broad SMARTS) is 8. The summed E-state index contributed by atoms with van der Waals surface area (Å²) in [6.45, 7) is 2.08. The summed E-state index contributed by atoms with van der Waals surface area (Å²) in [6, 6.07) is 0. The molecule has 0 aromatic rings. The highest BCUT2D eigenvalue weighted by molar-refractivity contribution is 5.88. The molecule has 2 fully saturated rings. The summed E-state index contributed by atoms with van der Waals surface area (Å²) >= 11 is 0. The highest BCUT2D eigenvalue weighted by Gasteiger charge is 2.54. The third-order valence-corrected chi connectivity index (χ3v) is 10.2. The Kier molecular flexibility index (Phi) is 26.2. The molecule has 24 heteroatoms.